The van der Waals surface area contributed by atoms with E-state index in [1.807, 2.05) is 29.8 Å². The lowest BCUT2D eigenvalue weighted by atomic mass is 9.83. The lowest BCUT2D eigenvalue weighted by Crippen LogP contribution is -2.23. The molecular weight excluding hydrogens is 380 g/mol. The lowest BCUT2D eigenvalue weighted by molar-refractivity contribution is 0.0801. The normalized spacial score (nSPS) is 19.8. The molecule has 0 bridgehead atoms. The lowest BCUT2D eigenvalue weighted by Gasteiger charge is -2.23. The number of aromatic nitrogens is 4. The Bertz CT molecular complexity index is 1140. The molecule has 2 aromatic heterocycles. The van der Waals surface area contributed by atoms with Crippen molar-refractivity contribution in [2.45, 2.75) is 38.3 Å². The molecule has 1 aromatic carbocycles. The van der Waals surface area contributed by atoms with Crippen LogP contribution in [0.15, 0.2) is 30.5 Å². The number of nitriles is 1. The molecule has 2 N–H and O–H groups in total. The highest BCUT2D eigenvalue weighted by Crippen LogP contribution is 2.42. The first-order valence-corrected chi connectivity index (χ1v) is 10.0. The van der Waals surface area contributed by atoms with Crippen LogP contribution in [0.2, 0.25) is 0 Å². The van der Waals surface area contributed by atoms with Gasteiger partial charge >= 0.3 is 0 Å². The molecule has 1 unspecified atom stereocenters. The van der Waals surface area contributed by atoms with Crippen molar-refractivity contribution in [3.63, 3.8) is 0 Å². The summed E-state index contributed by atoms with van der Waals surface area (Å²) in [6.45, 7) is 4.03. The van der Waals surface area contributed by atoms with Gasteiger partial charge in [-0.05, 0) is 42.2 Å². The van der Waals surface area contributed by atoms with E-state index in [-0.39, 0.29) is 12.0 Å². The predicted molar refractivity (Wildman–Crippen MR) is 110 cm³/mol. The fourth-order valence-electron chi connectivity index (χ4n) is 4.28. The van der Waals surface area contributed by atoms with E-state index < -0.39 is 0 Å². The Balaban J connectivity index is 1.49. The second-order valence-corrected chi connectivity index (χ2v) is 8.07. The van der Waals surface area contributed by atoms with E-state index >= 15 is 0 Å². The highest BCUT2D eigenvalue weighted by Gasteiger charge is 2.35. The van der Waals surface area contributed by atoms with E-state index in [1.54, 1.807) is 6.20 Å². The molecule has 8 heteroatoms. The molecule has 5 rings (SSSR count). The Kier molecular flexibility index (Phi) is 4.50. The zero-order chi connectivity index (χ0) is 20.7. The smallest absolute Gasteiger partial charge is 0.228 e. The summed E-state index contributed by atoms with van der Waals surface area (Å²) in [6.07, 6.45) is 3.33. The summed E-state index contributed by atoms with van der Waals surface area (Å²) in [5, 5.41) is 27.3. The van der Waals surface area contributed by atoms with Crippen LogP contribution in [0.25, 0.3) is 11.3 Å². The molecule has 3 heterocycles. The van der Waals surface area contributed by atoms with Crippen LogP contribution in [0.3, 0.4) is 0 Å². The van der Waals surface area contributed by atoms with Crippen LogP contribution in [0.5, 0.6) is 0 Å². The van der Waals surface area contributed by atoms with Gasteiger partial charge in [-0.15, -0.1) is 0 Å². The van der Waals surface area contributed by atoms with Gasteiger partial charge in [0.1, 0.15) is 0 Å². The number of ether oxygens (including phenoxy) is 1. The van der Waals surface area contributed by atoms with Crippen molar-refractivity contribution in [1.82, 2.24) is 19.7 Å². The van der Waals surface area contributed by atoms with Gasteiger partial charge in [0.2, 0.25) is 5.95 Å². The van der Waals surface area contributed by atoms with Crippen molar-refractivity contribution in [2.75, 3.05) is 18.5 Å². The van der Waals surface area contributed by atoms with E-state index in [0.717, 1.165) is 41.8 Å². The topological polar surface area (TPSA) is 109 Å². The minimum atomic E-state index is -0.331. The van der Waals surface area contributed by atoms with Crippen LogP contribution in [-0.2, 0) is 29.7 Å². The summed E-state index contributed by atoms with van der Waals surface area (Å²) in [4.78, 5) is 8.96. The third-order valence-corrected chi connectivity index (χ3v) is 6.05. The first-order chi connectivity index (χ1) is 14.6. The summed E-state index contributed by atoms with van der Waals surface area (Å²) in [5.41, 5.74) is 4.96. The van der Waals surface area contributed by atoms with Gasteiger partial charge in [-0.1, -0.05) is 6.92 Å². The van der Waals surface area contributed by atoms with Gasteiger partial charge in [-0.3, -0.25) is 4.68 Å². The zero-order valence-electron chi connectivity index (χ0n) is 16.7. The summed E-state index contributed by atoms with van der Waals surface area (Å²) < 4.78 is 7.38. The van der Waals surface area contributed by atoms with Crippen LogP contribution in [-0.4, -0.2) is 38.1 Å². The second-order valence-electron chi connectivity index (χ2n) is 8.07. The van der Waals surface area contributed by atoms with Crippen LogP contribution in [0.4, 0.5) is 11.8 Å². The molecule has 0 radical (unpaired) electrons. The van der Waals surface area contributed by atoms with Crippen molar-refractivity contribution in [1.29, 1.82) is 5.26 Å². The fourth-order valence-corrected chi connectivity index (χ4v) is 4.28. The number of nitrogens with zero attached hydrogens (tertiary/aromatic N) is 5. The number of aliphatic hydroxyl groups excluding tert-OH is 1. The van der Waals surface area contributed by atoms with Crippen molar-refractivity contribution < 1.29 is 9.84 Å². The Morgan fingerprint density at radius 3 is 3.07 bits per heavy atom. The van der Waals surface area contributed by atoms with Gasteiger partial charge in [0.25, 0.3) is 0 Å². The van der Waals surface area contributed by atoms with Crippen molar-refractivity contribution in [2.24, 2.45) is 0 Å². The Labute approximate surface area is 174 Å². The van der Waals surface area contributed by atoms with Gasteiger partial charge in [0.05, 0.1) is 49.4 Å². The van der Waals surface area contributed by atoms with Crippen molar-refractivity contribution >= 4 is 11.8 Å². The van der Waals surface area contributed by atoms with Crippen LogP contribution < -0.4 is 5.32 Å². The molecule has 1 aliphatic carbocycles. The SMILES string of the molecule is CC1(CO)CCc2c(C#N)cc(-c3ccnc(Nc4cc5n(n4)CCOC5)n3)cc21. The Morgan fingerprint density at radius 2 is 2.27 bits per heavy atom. The minimum absolute atomic E-state index is 0.0552. The Morgan fingerprint density at radius 1 is 1.37 bits per heavy atom. The quantitative estimate of drug-likeness (QED) is 0.690. The van der Waals surface area contributed by atoms with Crippen LogP contribution in [0, 0.1) is 11.3 Å². The predicted octanol–water partition coefficient (Wildman–Crippen LogP) is 2.68. The number of fused-ring (bicyclic) bond motifs is 2. The van der Waals surface area contributed by atoms with Gasteiger partial charge in [0, 0.05) is 23.2 Å². The van der Waals surface area contributed by atoms with E-state index in [4.69, 9.17) is 4.74 Å². The summed E-state index contributed by atoms with van der Waals surface area (Å²) in [5.74, 6) is 1.11. The second kappa shape index (κ2) is 7.20. The third kappa shape index (κ3) is 3.12. The Hall–Kier alpha value is -3.28. The molecule has 0 amide bonds. The van der Waals surface area contributed by atoms with Crippen molar-refractivity contribution in [3.05, 3.63) is 52.8 Å². The minimum Gasteiger partial charge on any atom is -0.395 e. The average Bonchev–Trinajstić information content (AvgIpc) is 3.34. The highest BCUT2D eigenvalue weighted by atomic mass is 16.5. The molecular formula is C22H22N6O2. The maximum atomic E-state index is 9.94. The van der Waals surface area contributed by atoms with Crippen LogP contribution in [0.1, 0.15) is 35.7 Å². The summed E-state index contributed by atoms with van der Waals surface area (Å²) >= 11 is 0. The zero-order valence-corrected chi connectivity index (χ0v) is 16.7. The number of hydrogen-bond acceptors (Lipinski definition) is 7. The molecule has 0 spiro atoms. The van der Waals surface area contributed by atoms with E-state index in [9.17, 15) is 10.4 Å². The van der Waals surface area contributed by atoms with Gasteiger partial charge < -0.3 is 15.2 Å². The van der Waals surface area contributed by atoms with E-state index in [2.05, 4.69) is 32.5 Å². The first-order valence-electron chi connectivity index (χ1n) is 10.0. The molecule has 1 atom stereocenters. The average molecular weight is 402 g/mol. The molecule has 3 aromatic rings. The number of rotatable bonds is 4. The standard InChI is InChI=1S/C22H22N6O2/c1-22(13-29)4-2-17-15(11-23)8-14(9-18(17)22)19-3-5-24-21(25-19)26-20-10-16-12-30-7-6-28(16)27-20/h3,5,8-10,29H,2,4,6-7,12-13H2,1H3,(H,24,25,26,27). The molecule has 152 valence electrons. The van der Waals surface area contributed by atoms with Gasteiger partial charge in [-0.2, -0.15) is 10.4 Å². The number of benzene rings is 1. The summed E-state index contributed by atoms with van der Waals surface area (Å²) in [7, 11) is 0. The molecule has 0 saturated carbocycles. The van der Waals surface area contributed by atoms with Gasteiger partial charge in [-0.25, -0.2) is 9.97 Å². The monoisotopic (exact) mass is 402 g/mol. The molecule has 30 heavy (non-hydrogen) atoms. The summed E-state index contributed by atoms with van der Waals surface area (Å²) in [6, 6.07) is 10.0. The molecule has 1 aliphatic heterocycles. The number of hydrogen-bond donors (Lipinski definition) is 2. The van der Waals surface area contributed by atoms with E-state index in [1.165, 1.54) is 0 Å². The number of anilines is 2. The first kappa shape index (κ1) is 18.7. The van der Waals surface area contributed by atoms with Crippen molar-refractivity contribution in [3.8, 4) is 17.3 Å². The molecule has 0 fully saturated rings. The van der Waals surface area contributed by atoms with Gasteiger partial charge in [0.15, 0.2) is 5.82 Å². The maximum absolute atomic E-state index is 9.94. The molecule has 8 nitrogen and oxygen atoms in total. The third-order valence-electron chi connectivity index (χ3n) is 6.05. The maximum Gasteiger partial charge on any atom is 0.228 e. The van der Waals surface area contributed by atoms with E-state index in [0.29, 0.717) is 36.2 Å². The molecule has 0 saturated heterocycles. The van der Waals surface area contributed by atoms with Crippen LogP contribution >= 0.6 is 0 Å². The number of nitrogens with one attached hydrogen (secondary N) is 1. The molecule has 2 aliphatic rings. The largest absolute Gasteiger partial charge is 0.395 e. The number of aliphatic hydroxyl groups is 1. The fraction of sp³-hybridized carbons (Fsp3) is 0.364. The highest BCUT2D eigenvalue weighted by molar-refractivity contribution is 5.67.